The standard InChI is InChI=1S/C14H12Cl2N2OS/c15-12-5-4-9(13(16)18-12)14(19)17-10-2-1-3-11-8(10)6-7-20-11/h4-7,10H,1-3H2,(H,17,19). The molecule has 20 heavy (non-hydrogen) atoms. The molecule has 1 unspecified atom stereocenters. The number of thiophene rings is 1. The Morgan fingerprint density at radius 2 is 2.20 bits per heavy atom. The first-order valence-corrected chi connectivity index (χ1v) is 7.98. The molecule has 2 heterocycles. The Morgan fingerprint density at radius 1 is 1.35 bits per heavy atom. The number of nitrogens with zero attached hydrogens (tertiary/aromatic N) is 1. The number of halogens is 2. The van der Waals surface area contributed by atoms with Crippen LogP contribution in [-0.2, 0) is 6.42 Å². The minimum absolute atomic E-state index is 0.0595. The zero-order chi connectivity index (χ0) is 14.1. The number of carbonyl (C=O) groups is 1. The summed E-state index contributed by atoms with van der Waals surface area (Å²) in [6.45, 7) is 0. The predicted molar refractivity (Wildman–Crippen MR) is 81.7 cm³/mol. The largest absolute Gasteiger partial charge is 0.345 e. The van der Waals surface area contributed by atoms with Crippen LogP contribution in [0.25, 0.3) is 0 Å². The normalized spacial score (nSPS) is 17.6. The molecule has 0 aliphatic heterocycles. The smallest absolute Gasteiger partial charge is 0.254 e. The van der Waals surface area contributed by atoms with Gasteiger partial charge in [0.15, 0.2) is 0 Å². The van der Waals surface area contributed by atoms with Crippen LogP contribution in [0.2, 0.25) is 10.3 Å². The maximum absolute atomic E-state index is 12.3. The lowest BCUT2D eigenvalue weighted by molar-refractivity contribution is 0.0933. The van der Waals surface area contributed by atoms with Crippen LogP contribution in [0.1, 0.15) is 39.7 Å². The van der Waals surface area contributed by atoms with Gasteiger partial charge in [-0.05, 0) is 48.4 Å². The number of rotatable bonds is 2. The van der Waals surface area contributed by atoms with E-state index in [0.717, 1.165) is 19.3 Å². The molecule has 3 nitrogen and oxygen atoms in total. The minimum Gasteiger partial charge on any atom is -0.345 e. The number of nitrogens with one attached hydrogen (secondary N) is 1. The molecule has 1 aliphatic rings. The van der Waals surface area contributed by atoms with Gasteiger partial charge in [-0.3, -0.25) is 4.79 Å². The average Bonchev–Trinajstić information content (AvgIpc) is 2.87. The number of hydrogen-bond donors (Lipinski definition) is 1. The number of pyridine rings is 1. The zero-order valence-electron chi connectivity index (χ0n) is 10.5. The summed E-state index contributed by atoms with van der Waals surface area (Å²) in [6, 6.07) is 5.32. The van der Waals surface area contributed by atoms with E-state index in [1.165, 1.54) is 10.4 Å². The molecule has 1 atom stereocenters. The van der Waals surface area contributed by atoms with Crippen LogP contribution < -0.4 is 5.32 Å². The van der Waals surface area contributed by atoms with Gasteiger partial charge in [-0.25, -0.2) is 4.98 Å². The number of aryl methyl sites for hydroxylation is 1. The second-order valence-electron chi connectivity index (χ2n) is 4.69. The van der Waals surface area contributed by atoms with Gasteiger partial charge in [0.05, 0.1) is 11.6 Å². The second kappa shape index (κ2) is 5.72. The van der Waals surface area contributed by atoms with E-state index in [9.17, 15) is 4.79 Å². The third kappa shape index (κ3) is 2.68. The minimum atomic E-state index is -0.205. The molecule has 1 amide bonds. The van der Waals surface area contributed by atoms with Gasteiger partial charge in [-0.15, -0.1) is 11.3 Å². The highest BCUT2D eigenvalue weighted by Gasteiger charge is 2.24. The first-order valence-electron chi connectivity index (χ1n) is 6.34. The van der Waals surface area contributed by atoms with E-state index < -0.39 is 0 Å². The van der Waals surface area contributed by atoms with Gasteiger partial charge in [0.25, 0.3) is 5.91 Å². The molecule has 1 aliphatic carbocycles. The predicted octanol–water partition coefficient (Wildman–Crippen LogP) is 4.26. The van der Waals surface area contributed by atoms with Crippen molar-refractivity contribution in [2.45, 2.75) is 25.3 Å². The van der Waals surface area contributed by atoms with Gasteiger partial charge in [-0.2, -0.15) is 0 Å². The Hall–Kier alpha value is -1.10. The Bertz CT molecular complexity index is 656. The van der Waals surface area contributed by atoms with Crippen LogP contribution in [0.4, 0.5) is 0 Å². The number of hydrogen-bond acceptors (Lipinski definition) is 3. The molecule has 0 saturated heterocycles. The molecular weight excluding hydrogens is 315 g/mol. The maximum Gasteiger partial charge on any atom is 0.254 e. The summed E-state index contributed by atoms with van der Waals surface area (Å²) in [6.07, 6.45) is 3.14. The summed E-state index contributed by atoms with van der Waals surface area (Å²) in [5, 5.41) is 5.53. The number of aromatic nitrogens is 1. The number of carbonyl (C=O) groups excluding carboxylic acids is 1. The van der Waals surface area contributed by atoms with Crippen molar-refractivity contribution in [2.24, 2.45) is 0 Å². The summed E-state index contributed by atoms with van der Waals surface area (Å²) >= 11 is 13.5. The molecule has 0 spiro atoms. The molecule has 2 aromatic heterocycles. The van der Waals surface area contributed by atoms with Crippen molar-refractivity contribution in [3.63, 3.8) is 0 Å². The van der Waals surface area contributed by atoms with Crippen molar-refractivity contribution in [2.75, 3.05) is 0 Å². The average molecular weight is 327 g/mol. The van der Waals surface area contributed by atoms with Crippen LogP contribution in [0.3, 0.4) is 0 Å². The molecule has 6 heteroatoms. The van der Waals surface area contributed by atoms with Crippen LogP contribution >= 0.6 is 34.5 Å². The topological polar surface area (TPSA) is 42.0 Å². The third-order valence-corrected chi connectivity index (χ3v) is 4.91. The highest BCUT2D eigenvalue weighted by molar-refractivity contribution is 7.10. The zero-order valence-corrected chi connectivity index (χ0v) is 12.9. The fourth-order valence-corrected chi connectivity index (χ4v) is 3.87. The fourth-order valence-electron chi connectivity index (χ4n) is 2.45. The van der Waals surface area contributed by atoms with Gasteiger partial charge in [-0.1, -0.05) is 23.2 Å². The van der Waals surface area contributed by atoms with Crippen molar-refractivity contribution in [1.82, 2.24) is 10.3 Å². The number of amides is 1. The van der Waals surface area contributed by atoms with Gasteiger partial charge in [0.2, 0.25) is 0 Å². The van der Waals surface area contributed by atoms with Crippen LogP contribution in [-0.4, -0.2) is 10.9 Å². The maximum atomic E-state index is 12.3. The SMILES string of the molecule is O=C(NC1CCCc2sccc21)c1ccc(Cl)nc1Cl. The van der Waals surface area contributed by atoms with E-state index in [4.69, 9.17) is 23.2 Å². The Balaban J connectivity index is 1.81. The van der Waals surface area contributed by atoms with Crippen molar-refractivity contribution in [3.8, 4) is 0 Å². The lowest BCUT2D eigenvalue weighted by Crippen LogP contribution is -2.30. The van der Waals surface area contributed by atoms with Crippen LogP contribution in [0.15, 0.2) is 23.6 Å². The molecule has 1 N–H and O–H groups in total. The molecule has 0 bridgehead atoms. The molecule has 0 saturated carbocycles. The van der Waals surface area contributed by atoms with Gasteiger partial charge < -0.3 is 5.32 Å². The third-order valence-electron chi connectivity index (χ3n) is 3.42. The van der Waals surface area contributed by atoms with Crippen molar-refractivity contribution in [3.05, 3.63) is 49.9 Å². The molecule has 0 aromatic carbocycles. The first kappa shape index (κ1) is 13.9. The molecule has 0 fully saturated rings. The summed E-state index contributed by atoms with van der Waals surface area (Å²) in [5.41, 5.74) is 1.59. The number of fused-ring (bicyclic) bond motifs is 1. The lowest BCUT2D eigenvalue weighted by atomic mass is 9.94. The molecule has 0 radical (unpaired) electrons. The van der Waals surface area contributed by atoms with E-state index in [1.54, 1.807) is 23.5 Å². The van der Waals surface area contributed by atoms with E-state index in [0.29, 0.717) is 5.56 Å². The lowest BCUT2D eigenvalue weighted by Gasteiger charge is -2.23. The summed E-state index contributed by atoms with van der Waals surface area (Å²) in [7, 11) is 0. The van der Waals surface area contributed by atoms with Crippen LogP contribution in [0.5, 0.6) is 0 Å². The van der Waals surface area contributed by atoms with Crippen molar-refractivity contribution >= 4 is 40.4 Å². The van der Waals surface area contributed by atoms with E-state index in [-0.39, 0.29) is 22.3 Å². The van der Waals surface area contributed by atoms with Crippen molar-refractivity contribution in [1.29, 1.82) is 0 Å². The monoisotopic (exact) mass is 326 g/mol. The van der Waals surface area contributed by atoms with Crippen LogP contribution in [0, 0.1) is 0 Å². The van der Waals surface area contributed by atoms with E-state index >= 15 is 0 Å². The molecule has 2 aromatic rings. The Labute approximate surface area is 130 Å². The highest BCUT2D eigenvalue weighted by Crippen LogP contribution is 2.33. The van der Waals surface area contributed by atoms with Gasteiger partial charge >= 0.3 is 0 Å². The van der Waals surface area contributed by atoms with Gasteiger partial charge in [0.1, 0.15) is 10.3 Å². The summed E-state index contributed by atoms with van der Waals surface area (Å²) < 4.78 is 0. The highest BCUT2D eigenvalue weighted by atomic mass is 35.5. The Kier molecular flexibility index (Phi) is 3.96. The van der Waals surface area contributed by atoms with Gasteiger partial charge in [0, 0.05) is 4.88 Å². The first-order chi connectivity index (χ1) is 9.65. The fraction of sp³-hybridized carbons (Fsp3) is 0.286. The van der Waals surface area contributed by atoms with E-state index in [1.807, 2.05) is 0 Å². The molecule has 104 valence electrons. The second-order valence-corrected chi connectivity index (χ2v) is 6.44. The quantitative estimate of drug-likeness (QED) is 0.838. The summed E-state index contributed by atoms with van der Waals surface area (Å²) in [4.78, 5) is 17.6. The van der Waals surface area contributed by atoms with E-state index in [2.05, 4.69) is 21.7 Å². The summed E-state index contributed by atoms with van der Waals surface area (Å²) in [5.74, 6) is -0.205. The van der Waals surface area contributed by atoms with Crippen molar-refractivity contribution < 1.29 is 4.79 Å². The Morgan fingerprint density at radius 3 is 3.00 bits per heavy atom. The molecular formula is C14H12Cl2N2OS. The molecule has 3 rings (SSSR count).